The second-order valence-electron chi connectivity index (χ2n) is 7.33. The fraction of sp³-hybridized carbons (Fsp3) is 0.120. The summed E-state index contributed by atoms with van der Waals surface area (Å²) >= 11 is 0. The van der Waals surface area contributed by atoms with Gasteiger partial charge >= 0.3 is 0 Å². The first-order valence-electron chi connectivity index (χ1n) is 10.2. The molecule has 7 nitrogen and oxygen atoms in total. The van der Waals surface area contributed by atoms with E-state index in [1.807, 2.05) is 66.2 Å². The van der Waals surface area contributed by atoms with Gasteiger partial charge in [0.05, 0.1) is 12.7 Å². The van der Waals surface area contributed by atoms with Crippen LogP contribution in [0.1, 0.15) is 22.0 Å². The summed E-state index contributed by atoms with van der Waals surface area (Å²) in [6, 6.07) is 23.2. The first-order chi connectivity index (χ1) is 15.6. The van der Waals surface area contributed by atoms with Crippen molar-refractivity contribution in [1.29, 1.82) is 0 Å². The zero-order chi connectivity index (χ0) is 22.5. The van der Waals surface area contributed by atoms with Crippen LogP contribution in [-0.2, 0) is 11.8 Å². The quantitative estimate of drug-likeness (QED) is 0.391. The van der Waals surface area contributed by atoms with Gasteiger partial charge in [-0.2, -0.15) is 0 Å². The summed E-state index contributed by atoms with van der Waals surface area (Å²) in [5.74, 6) is -0.00383. The van der Waals surface area contributed by atoms with E-state index in [2.05, 4.69) is 16.2 Å². The lowest BCUT2D eigenvalue weighted by atomic mass is 10.1. The number of carbonyl (C=O) groups is 2. The summed E-state index contributed by atoms with van der Waals surface area (Å²) in [5, 5.41) is 3.71. The SMILES string of the molecule is COc1cccc(NC(=O)C(NNC(=O)c2cn(C)c3ccccc23)c2ccccc2)c1. The lowest BCUT2D eigenvalue weighted by Gasteiger charge is -2.19. The summed E-state index contributed by atoms with van der Waals surface area (Å²) in [6.07, 6.45) is 1.77. The van der Waals surface area contributed by atoms with Gasteiger partial charge in [-0.05, 0) is 23.8 Å². The van der Waals surface area contributed by atoms with Crippen molar-refractivity contribution in [2.45, 2.75) is 6.04 Å². The number of hydrazine groups is 1. The van der Waals surface area contributed by atoms with E-state index in [-0.39, 0.29) is 11.8 Å². The third-order valence-corrected chi connectivity index (χ3v) is 5.20. The van der Waals surface area contributed by atoms with Crippen LogP contribution in [0.2, 0.25) is 0 Å². The van der Waals surface area contributed by atoms with Crippen LogP contribution in [0.4, 0.5) is 5.69 Å². The predicted octanol–water partition coefficient (Wildman–Crippen LogP) is 3.80. The van der Waals surface area contributed by atoms with E-state index in [1.165, 1.54) is 0 Å². The van der Waals surface area contributed by atoms with Crippen molar-refractivity contribution in [3.05, 3.63) is 96.2 Å². The number of carbonyl (C=O) groups excluding carboxylic acids is 2. The Labute approximate surface area is 186 Å². The van der Waals surface area contributed by atoms with E-state index < -0.39 is 6.04 Å². The average molecular weight is 428 g/mol. The molecule has 1 unspecified atom stereocenters. The van der Waals surface area contributed by atoms with Crippen LogP contribution in [0, 0.1) is 0 Å². The summed E-state index contributed by atoms with van der Waals surface area (Å²) in [7, 11) is 3.46. The molecular formula is C25H24N4O3. The molecule has 1 heterocycles. The van der Waals surface area contributed by atoms with Gasteiger partial charge in [0.25, 0.3) is 5.91 Å². The van der Waals surface area contributed by atoms with E-state index in [1.54, 1.807) is 37.6 Å². The van der Waals surface area contributed by atoms with Gasteiger partial charge in [-0.1, -0.05) is 54.6 Å². The maximum atomic E-state index is 13.1. The molecule has 0 radical (unpaired) electrons. The van der Waals surface area contributed by atoms with Crippen LogP contribution in [0.15, 0.2) is 85.1 Å². The number of fused-ring (bicyclic) bond motifs is 1. The van der Waals surface area contributed by atoms with Gasteiger partial charge in [0.15, 0.2) is 0 Å². The third kappa shape index (κ3) is 4.48. The van der Waals surface area contributed by atoms with Crippen LogP contribution in [0.3, 0.4) is 0 Å². The number of amides is 2. The van der Waals surface area contributed by atoms with Gasteiger partial charge in [0.1, 0.15) is 11.8 Å². The molecule has 0 saturated heterocycles. The van der Waals surface area contributed by atoms with Gasteiger partial charge in [0.2, 0.25) is 5.91 Å². The molecule has 3 N–H and O–H groups in total. The van der Waals surface area contributed by atoms with E-state index in [0.717, 1.165) is 10.9 Å². The van der Waals surface area contributed by atoms with E-state index in [4.69, 9.17) is 4.74 Å². The maximum absolute atomic E-state index is 13.1. The van der Waals surface area contributed by atoms with Crippen molar-refractivity contribution in [2.24, 2.45) is 7.05 Å². The number of hydrogen-bond acceptors (Lipinski definition) is 4. The molecule has 3 aromatic carbocycles. The number of anilines is 1. The van der Waals surface area contributed by atoms with E-state index in [9.17, 15) is 9.59 Å². The number of ether oxygens (including phenoxy) is 1. The molecule has 2 amide bonds. The number of nitrogens with zero attached hydrogens (tertiary/aromatic N) is 1. The molecule has 1 atom stereocenters. The maximum Gasteiger partial charge on any atom is 0.267 e. The lowest BCUT2D eigenvalue weighted by Crippen LogP contribution is -2.44. The monoisotopic (exact) mass is 428 g/mol. The van der Waals surface area contributed by atoms with Crippen LogP contribution in [-0.4, -0.2) is 23.5 Å². The first-order valence-corrected chi connectivity index (χ1v) is 10.2. The predicted molar refractivity (Wildman–Crippen MR) is 124 cm³/mol. The largest absolute Gasteiger partial charge is 0.497 e. The molecule has 1 aromatic heterocycles. The summed E-state index contributed by atoms with van der Waals surface area (Å²) in [5.41, 5.74) is 8.39. The van der Waals surface area contributed by atoms with Crippen molar-refractivity contribution in [2.75, 3.05) is 12.4 Å². The number of rotatable bonds is 7. The van der Waals surface area contributed by atoms with Crippen LogP contribution in [0.25, 0.3) is 10.9 Å². The van der Waals surface area contributed by atoms with Crippen LogP contribution in [0.5, 0.6) is 5.75 Å². The Bertz CT molecular complexity index is 1250. The highest BCUT2D eigenvalue weighted by Crippen LogP contribution is 2.21. The van der Waals surface area contributed by atoms with Crippen molar-refractivity contribution < 1.29 is 14.3 Å². The fourth-order valence-electron chi connectivity index (χ4n) is 3.59. The van der Waals surface area contributed by atoms with Crippen molar-refractivity contribution in [1.82, 2.24) is 15.4 Å². The van der Waals surface area contributed by atoms with Gasteiger partial charge in [-0.25, -0.2) is 5.43 Å². The van der Waals surface area contributed by atoms with Crippen molar-refractivity contribution in [3.63, 3.8) is 0 Å². The number of benzene rings is 3. The average Bonchev–Trinajstić information content (AvgIpc) is 3.16. The molecule has 0 spiro atoms. The minimum atomic E-state index is -0.804. The third-order valence-electron chi connectivity index (χ3n) is 5.20. The van der Waals surface area contributed by atoms with Crippen molar-refractivity contribution >= 4 is 28.4 Å². The Kier molecular flexibility index (Phi) is 6.19. The summed E-state index contributed by atoms with van der Waals surface area (Å²) in [4.78, 5) is 26.0. The lowest BCUT2D eigenvalue weighted by molar-refractivity contribution is -0.118. The van der Waals surface area contributed by atoms with Crippen LogP contribution < -0.4 is 20.9 Å². The van der Waals surface area contributed by atoms with Gasteiger partial charge in [-0.3, -0.25) is 15.0 Å². The molecule has 0 bridgehead atoms. The number of para-hydroxylation sites is 1. The first kappa shape index (κ1) is 21.1. The number of methoxy groups -OCH3 is 1. The van der Waals surface area contributed by atoms with Crippen LogP contribution >= 0.6 is 0 Å². The second-order valence-corrected chi connectivity index (χ2v) is 7.33. The molecular weight excluding hydrogens is 404 g/mol. The van der Waals surface area contributed by atoms with Gasteiger partial charge < -0.3 is 14.6 Å². The summed E-state index contributed by atoms with van der Waals surface area (Å²) < 4.78 is 7.12. The highest BCUT2D eigenvalue weighted by molar-refractivity contribution is 6.07. The smallest absolute Gasteiger partial charge is 0.267 e. The highest BCUT2D eigenvalue weighted by atomic mass is 16.5. The molecule has 0 aliphatic heterocycles. The molecule has 4 aromatic rings. The number of hydrogen-bond donors (Lipinski definition) is 3. The van der Waals surface area contributed by atoms with Crippen molar-refractivity contribution in [3.8, 4) is 5.75 Å². The molecule has 7 heteroatoms. The normalized spacial score (nSPS) is 11.7. The zero-order valence-corrected chi connectivity index (χ0v) is 17.8. The highest BCUT2D eigenvalue weighted by Gasteiger charge is 2.22. The molecule has 4 rings (SSSR count). The van der Waals surface area contributed by atoms with E-state index in [0.29, 0.717) is 22.6 Å². The molecule has 0 aliphatic rings. The molecule has 0 aliphatic carbocycles. The number of aromatic nitrogens is 1. The van der Waals surface area contributed by atoms with Gasteiger partial charge in [-0.15, -0.1) is 0 Å². The topological polar surface area (TPSA) is 84.4 Å². The molecule has 0 saturated carbocycles. The molecule has 0 fully saturated rings. The molecule has 32 heavy (non-hydrogen) atoms. The Balaban J connectivity index is 1.54. The summed E-state index contributed by atoms with van der Waals surface area (Å²) in [6.45, 7) is 0. The Hall–Kier alpha value is -4.10. The minimum absolute atomic E-state index is 0.317. The van der Waals surface area contributed by atoms with Gasteiger partial charge in [0, 0.05) is 35.9 Å². The van der Waals surface area contributed by atoms with E-state index >= 15 is 0 Å². The fourth-order valence-corrected chi connectivity index (χ4v) is 3.59. The second kappa shape index (κ2) is 9.36. The Morgan fingerprint density at radius 2 is 1.69 bits per heavy atom. The molecule has 162 valence electrons. The standard InChI is InChI=1S/C25H24N4O3/c1-29-16-21(20-13-6-7-14-22(20)29)24(30)28-27-23(17-9-4-3-5-10-17)25(31)26-18-11-8-12-19(15-18)32-2/h3-16,23,27H,1-2H3,(H,26,31)(H,28,30). The Morgan fingerprint density at radius 1 is 0.938 bits per heavy atom. The number of aryl methyl sites for hydroxylation is 1. The zero-order valence-electron chi connectivity index (χ0n) is 17.8. The Morgan fingerprint density at radius 3 is 2.47 bits per heavy atom. The number of nitrogens with one attached hydrogen (secondary N) is 3. The minimum Gasteiger partial charge on any atom is -0.497 e.